The van der Waals surface area contributed by atoms with E-state index < -0.39 is 29.1 Å². The van der Waals surface area contributed by atoms with Crippen molar-refractivity contribution in [1.29, 1.82) is 0 Å². The summed E-state index contributed by atoms with van der Waals surface area (Å²) in [4.78, 5) is 28.5. The standard InChI is InChI=1S/C15H11F2NO3/c1-18(21-15(20)10-6-3-2-4-7-10)14(19)13-11(16)8-5-9-12(13)17/h2-9H,1H3. The van der Waals surface area contributed by atoms with E-state index in [-0.39, 0.29) is 5.56 Å². The maximum Gasteiger partial charge on any atom is 0.363 e. The van der Waals surface area contributed by atoms with Gasteiger partial charge in [-0.1, -0.05) is 24.3 Å². The predicted molar refractivity (Wildman–Crippen MR) is 70.3 cm³/mol. The molecule has 0 aliphatic heterocycles. The lowest BCUT2D eigenvalue weighted by molar-refractivity contribution is -0.0663. The van der Waals surface area contributed by atoms with Gasteiger partial charge in [-0.25, -0.2) is 13.6 Å². The third kappa shape index (κ3) is 3.22. The summed E-state index contributed by atoms with van der Waals surface area (Å²) in [5.41, 5.74) is -0.563. The Morgan fingerprint density at radius 3 is 2.10 bits per heavy atom. The second kappa shape index (κ2) is 6.13. The summed E-state index contributed by atoms with van der Waals surface area (Å²) in [6.45, 7) is 0. The zero-order chi connectivity index (χ0) is 15.4. The van der Waals surface area contributed by atoms with E-state index in [4.69, 9.17) is 4.84 Å². The Morgan fingerprint density at radius 1 is 0.952 bits per heavy atom. The normalized spacial score (nSPS) is 10.0. The van der Waals surface area contributed by atoms with Gasteiger partial charge in [0.05, 0.1) is 5.56 Å². The molecule has 0 radical (unpaired) electrons. The van der Waals surface area contributed by atoms with Crippen molar-refractivity contribution in [1.82, 2.24) is 5.06 Å². The number of nitrogens with zero attached hydrogens (tertiary/aromatic N) is 1. The van der Waals surface area contributed by atoms with Gasteiger partial charge >= 0.3 is 5.97 Å². The molecule has 1 amide bonds. The van der Waals surface area contributed by atoms with E-state index in [0.29, 0.717) is 5.06 Å². The number of benzene rings is 2. The van der Waals surface area contributed by atoms with Gasteiger partial charge in [0.2, 0.25) is 0 Å². The van der Waals surface area contributed by atoms with Crippen molar-refractivity contribution in [3.8, 4) is 0 Å². The van der Waals surface area contributed by atoms with Gasteiger partial charge in [0.25, 0.3) is 5.91 Å². The van der Waals surface area contributed by atoms with Crippen molar-refractivity contribution in [3.05, 3.63) is 71.3 Å². The number of hydrogen-bond donors (Lipinski definition) is 0. The lowest BCUT2D eigenvalue weighted by Crippen LogP contribution is -2.31. The fourth-order valence-corrected chi connectivity index (χ4v) is 1.65. The van der Waals surface area contributed by atoms with Crippen LogP contribution in [0.25, 0.3) is 0 Å². The Labute approximate surface area is 119 Å². The highest BCUT2D eigenvalue weighted by Crippen LogP contribution is 2.15. The first-order valence-corrected chi connectivity index (χ1v) is 6.00. The van der Waals surface area contributed by atoms with E-state index in [1.54, 1.807) is 18.2 Å². The van der Waals surface area contributed by atoms with Gasteiger partial charge < -0.3 is 4.84 Å². The first-order valence-electron chi connectivity index (χ1n) is 6.00. The van der Waals surface area contributed by atoms with Crippen LogP contribution >= 0.6 is 0 Å². The van der Waals surface area contributed by atoms with Crippen LogP contribution in [0.4, 0.5) is 8.78 Å². The molecule has 0 unspecified atom stereocenters. The third-order valence-corrected chi connectivity index (χ3v) is 2.69. The summed E-state index contributed by atoms with van der Waals surface area (Å²) in [7, 11) is 1.11. The molecule has 0 fully saturated rings. The molecule has 0 bridgehead atoms. The second-order valence-electron chi connectivity index (χ2n) is 4.14. The number of halogens is 2. The van der Waals surface area contributed by atoms with Gasteiger partial charge in [0, 0.05) is 7.05 Å². The van der Waals surface area contributed by atoms with Gasteiger partial charge in [0.15, 0.2) is 0 Å². The van der Waals surface area contributed by atoms with Gasteiger partial charge in [0.1, 0.15) is 17.2 Å². The minimum Gasteiger partial charge on any atom is -0.333 e. The van der Waals surface area contributed by atoms with Gasteiger partial charge in [-0.15, -0.1) is 0 Å². The smallest absolute Gasteiger partial charge is 0.333 e. The number of hydrogen-bond acceptors (Lipinski definition) is 3. The highest BCUT2D eigenvalue weighted by atomic mass is 19.1. The maximum absolute atomic E-state index is 13.5. The Balaban J connectivity index is 2.15. The average molecular weight is 291 g/mol. The Kier molecular flexibility index (Phi) is 4.27. The van der Waals surface area contributed by atoms with Crippen LogP contribution in [0.2, 0.25) is 0 Å². The fraction of sp³-hybridized carbons (Fsp3) is 0.0667. The van der Waals surface area contributed by atoms with Crippen LogP contribution < -0.4 is 0 Å². The molecule has 2 aromatic rings. The minimum absolute atomic E-state index is 0.214. The van der Waals surface area contributed by atoms with Crippen molar-refractivity contribution in [2.24, 2.45) is 0 Å². The number of carbonyl (C=O) groups is 2. The van der Waals surface area contributed by atoms with E-state index in [2.05, 4.69) is 0 Å². The maximum atomic E-state index is 13.5. The van der Waals surface area contributed by atoms with Crippen LogP contribution in [0.5, 0.6) is 0 Å². The minimum atomic E-state index is -1.09. The Morgan fingerprint density at radius 2 is 1.52 bits per heavy atom. The number of carbonyl (C=O) groups excluding carboxylic acids is 2. The number of amides is 1. The molecule has 0 aliphatic carbocycles. The van der Waals surface area contributed by atoms with Crippen molar-refractivity contribution >= 4 is 11.9 Å². The molecule has 0 saturated carbocycles. The van der Waals surface area contributed by atoms with Crippen LogP contribution in [-0.2, 0) is 4.84 Å². The molecule has 0 N–H and O–H groups in total. The van der Waals surface area contributed by atoms with E-state index in [9.17, 15) is 18.4 Å². The lowest BCUT2D eigenvalue weighted by Gasteiger charge is -2.16. The summed E-state index contributed by atoms with van der Waals surface area (Å²) < 4.78 is 27.0. The SMILES string of the molecule is CN(OC(=O)c1ccccc1)C(=O)c1c(F)cccc1F. The Hall–Kier alpha value is -2.76. The van der Waals surface area contributed by atoms with E-state index in [0.717, 1.165) is 25.2 Å². The Bertz CT molecular complexity index is 654. The van der Waals surface area contributed by atoms with Crippen molar-refractivity contribution in [2.75, 3.05) is 7.05 Å². The highest BCUT2D eigenvalue weighted by molar-refractivity contribution is 5.96. The molecule has 21 heavy (non-hydrogen) atoms. The van der Waals surface area contributed by atoms with E-state index in [1.807, 2.05) is 0 Å². The second-order valence-corrected chi connectivity index (χ2v) is 4.14. The van der Waals surface area contributed by atoms with Crippen LogP contribution in [0.3, 0.4) is 0 Å². The van der Waals surface area contributed by atoms with Crippen LogP contribution in [0.15, 0.2) is 48.5 Å². The molecule has 0 heterocycles. The summed E-state index contributed by atoms with van der Waals surface area (Å²) >= 11 is 0. The van der Waals surface area contributed by atoms with E-state index >= 15 is 0 Å². The van der Waals surface area contributed by atoms with Gasteiger partial charge in [-0.2, -0.15) is 5.06 Å². The molecule has 108 valence electrons. The van der Waals surface area contributed by atoms with Crippen LogP contribution in [-0.4, -0.2) is 24.0 Å². The van der Waals surface area contributed by atoms with E-state index in [1.165, 1.54) is 12.1 Å². The first kappa shape index (κ1) is 14.6. The lowest BCUT2D eigenvalue weighted by atomic mass is 10.2. The zero-order valence-electron chi connectivity index (χ0n) is 11.0. The molecule has 0 aromatic heterocycles. The predicted octanol–water partition coefficient (Wildman–Crippen LogP) is 2.81. The fourth-order valence-electron chi connectivity index (χ4n) is 1.65. The molecule has 4 nitrogen and oxygen atoms in total. The summed E-state index contributed by atoms with van der Waals surface area (Å²) in [5, 5.41) is 0.497. The molecule has 0 atom stereocenters. The van der Waals surface area contributed by atoms with Crippen molar-refractivity contribution in [3.63, 3.8) is 0 Å². The van der Waals surface area contributed by atoms with Gasteiger partial charge in [-0.05, 0) is 24.3 Å². The summed E-state index contributed by atoms with van der Waals surface area (Å²) in [5.74, 6) is -3.94. The summed E-state index contributed by atoms with van der Waals surface area (Å²) in [6, 6.07) is 11.0. The third-order valence-electron chi connectivity index (χ3n) is 2.69. The molecular formula is C15H11F2NO3. The number of hydroxylamine groups is 2. The molecule has 0 saturated heterocycles. The topological polar surface area (TPSA) is 46.6 Å². The average Bonchev–Trinajstić information content (AvgIpc) is 2.47. The molecule has 0 aliphatic rings. The van der Waals surface area contributed by atoms with Crippen LogP contribution in [0, 0.1) is 11.6 Å². The molecule has 6 heteroatoms. The quantitative estimate of drug-likeness (QED) is 0.799. The van der Waals surface area contributed by atoms with Crippen molar-refractivity contribution < 1.29 is 23.2 Å². The highest BCUT2D eigenvalue weighted by Gasteiger charge is 2.23. The van der Waals surface area contributed by atoms with Crippen LogP contribution in [0.1, 0.15) is 20.7 Å². The zero-order valence-corrected chi connectivity index (χ0v) is 11.0. The largest absolute Gasteiger partial charge is 0.363 e. The molecule has 2 aromatic carbocycles. The number of rotatable bonds is 2. The first-order chi connectivity index (χ1) is 10.0. The van der Waals surface area contributed by atoms with Gasteiger partial charge in [-0.3, -0.25) is 4.79 Å². The molecular weight excluding hydrogens is 280 g/mol. The molecule has 0 spiro atoms. The van der Waals surface area contributed by atoms with Crippen molar-refractivity contribution in [2.45, 2.75) is 0 Å². The summed E-state index contributed by atoms with van der Waals surface area (Å²) in [6.07, 6.45) is 0. The molecule has 2 rings (SSSR count). The monoisotopic (exact) mass is 291 g/mol.